The summed E-state index contributed by atoms with van der Waals surface area (Å²) in [6, 6.07) is 0.828. The zero-order valence-electron chi connectivity index (χ0n) is 9.24. The molecule has 0 radical (unpaired) electrons. The van der Waals surface area contributed by atoms with Gasteiger partial charge in [-0.25, -0.2) is 0 Å². The van der Waals surface area contributed by atoms with Crippen LogP contribution in [0.2, 0.25) is 0 Å². The fraction of sp³-hybridized carbons (Fsp3) is 0.917. The number of carboxylic acids is 1. The van der Waals surface area contributed by atoms with E-state index in [-0.39, 0.29) is 12.0 Å². The number of nitrogens with one attached hydrogen (secondary N) is 1. The van der Waals surface area contributed by atoms with Gasteiger partial charge in [-0.2, -0.15) is 0 Å². The van der Waals surface area contributed by atoms with Gasteiger partial charge in [0.1, 0.15) is 0 Å². The molecule has 0 aliphatic heterocycles. The minimum Gasteiger partial charge on any atom is -0.481 e. The smallest absolute Gasteiger partial charge is 0.308 e. The Morgan fingerprint density at radius 1 is 1.00 bits per heavy atom. The lowest BCUT2D eigenvalue weighted by Gasteiger charge is -2.28. The van der Waals surface area contributed by atoms with E-state index in [1.165, 1.54) is 32.1 Å². The van der Waals surface area contributed by atoms with Crippen LogP contribution in [0, 0.1) is 5.92 Å². The fourth-order valence-electron chi connectivity index (χ4n) is 3.03. The van der Waals surface area contributed by atoms with Gasteiger partial charge in [0.05, 0.1) is 5.92 Å². The van der Waals surface area contributed by atoms with Gasteiger partial charge in [-0.3, -0.25) is 4.79 Å². The Morgan fingerprint density at radius 2 is 1.73 bits per heavy atom. The summed E-state index contributed by atoms with van der Waals surface area (Å²) >= 11 is 0. The molecule has 86 valence electrons. The number of rotatable bonds is 3. The topological polar surface area (TPSA) is 49.3 Å². The minimum atomic E-state index is -0.610. The largest absolute Gasteiger partial charge is 0.481 e. The molecule has 0 spiro atoms. The molecule has 2 aliphatic rings. The summed E-state index contributed by atoms with van der Waals surface area (Å²) in [7, 11) is 0. The molecule has 0 amide bonds. The van der Waals surface area contributed by atoms with Crippen molar-refractivity contribution in [3.05, 3.63) is 0 Å². The minimum absolute atomic E-state index is 0.132. The Bertz CT molecular complexity index is 224. The van der Waals surface area contributed by atoms with Crippen molar-refractivity contribution in [2.75, 3.05) is 0 Å². The Hall–Kier alpha value is -0.570. The van der Waals surface area contributed by atoms with Crippen LogP contribution in [0.4, 0.5) is 0 Å². The van der Waals surface area contributed by atoms with E-state index in [0.717, 1.165) is 19.3 Å². The van der Waals surface area contributed by atoms with Crippen molar-refractivity contribution in [2.24, 2.45) is 5.92 Å². The van der Waals surface area contributed by atoms with Gasteiger partial charge in [0, 0.05) is 12.1 Å². The molecular weight excluding hydrogens is 190 g/mol. The van der Waals surface area contributed by atoms with Crippen LogP contribution in [0.1, 0.15) is 51.4 Å². The molecule has 2 aliphatic carbocycles. The molecule has 2 rings (SSSR count). The number of aliphatic carboxylic acids is 1. The van der Waals surface area contributed by atoms with Crippen LogP contribution in [0.3, 0.4) is 0 Å². The van der Waals surface area contributed by atoms with E-state index in [1.54, 1.807) is 0 Å². The third-order valence-electron chi connectivity index (χ3n) is 3.89. The second kappa shape index (κ2) is 4.97. The zero-order valence-corrected chi connectivity index (χ0v) is 9.24. The third kappa shape index (κ3) is 2.71. The molecule has 0 bridgehead atoms. The highest BCUT2D eigenvalue weighted by molar-refractivity contribution is 5.71. The first-order valence-electron chi connectivity index (χ1n) is 6.26. The van der Waals surface area contributed by atoms with Crippen molar-refractivity contribution in [2.45, 2.75) is 63.5 Å². The highest BCUT2D eigenvalue weighted by Crippen LogP contribution is 2.28. The first kappa shape index (κ1) is 10.9. The van der Waals surface area contributed by atoms with Gasteiger partial charge >= 0.3 is 5.97 Å². The maximum absolute atomic E-state index is 11.0. The highest BCUT2D eigenvalue weighted by Gasteiger charge is 2.34. The molecule has 2 fully saturated rings. The predicted octanol–water partition coefficient (Wildman–Crippen LogP) is 2.16. The summed E-state index contributed by atoms with van der Waals surface area (Å²) in [5, 5.41) is 12.6. The monoisotopic (exact) mass is 211 g/mol. The second-order valence-corrected chi connectivity index (χ2v) is 4.98. The Kier molecular flexibility index (Phi) is 3.62. The molecule has 0 unspecified atom stereocenters. The lowest BCUT2D eigenvalue weighted by molar-refractivity contribution is -0.142. The molecule has 2 atom stereocenters. The first-order valence-corrected chi connectivity index (χ1v) is 6.26. The summed E-state index contributed by atoms with van der Waals surface area (Å²) < 4.78 is 0. The van der Waals surface area contributed by atoms with E-state index >= 15 is 0 Å². The summed E-state index contributed by atoms with van der Waals surface area (Å²) in [6.45, 7) is 0. The van der Waals surface area contributed by atoms with E-state index in [0.29, 0.717) is 6.04 Å². The quantitative estimate of drug-likeness (QED) is 0.752. The Labute approximate surface area is 91.2 Å². The van der Waals surface area contributed by atoms with Gasteiger partial charge in [0.15, 0.2) is 0 Å². The molecule has 3 heteroatoms. The van der Waals surface area contributed by atoms with Crippen LogP contribution in [-0.2, 0) is 4.79 Å². The molecule has 0 aromatic carbocycles. The normalized spacial score (nSPS) is 33.1. The van der Waals surface area contributed by atoms with Crippen LogP contribution in [0.15, 0.2) is 0 Å². The third-order valence-corrected chi connectivity index (χ3v) is 3.89. The van der Waals surface area contributed by atoms with Crippen molar-refractivity contribution in [3.63, 3.8) is 0 Å². The molecular formula is C12H21NO2. The van der Waals surface area contributed by atoms with Crippen molar-refractivity contribution >= 4 is 5.97 Å². The van der Waals surface area contributed by atoms with E-state index in [4.69, 9.17) is 5.11 Å². The lowest BCUT2D eigenvalue weighted by Crippen LogP contribution is -2.43. The van der Waals surface area contributed by atoms with E-state index < -0.39 is 5.97 Å². The maximum Gasteiger partial charge on any atom is 0.308 e. The number of hydrogen-bond donors (Lipinski definition) is 2. The van der Waals surface area contributed by atoms with Gasteiger partial charge in [-0.05, 0) is 25.7 Å². The summed E-state index contributed by atoms with van der Waals surface area (Å²) in [4.78, 5) is 11.0. The second-order valence-electron chi connectivity index (χ2n) is 4.98. The maximum atomic E-state index is 11.0. The van der Waals surface area contributed by atoms with E-state index in [1.807, 2.05) is 0 Å². The SMILES string of the molecule is O=C(O)[C@H]1CCC[C@@H]1NC1CCCCC1. The molecule has 15 heavy (non-hydrogen) atoms. The predicted molar refractivity (Wildman–Crippen MR) is 58.8 cm³/mol. The lowest BCUT2D eigenvalue weighted by atomic mass is 9.93. The van der Waals surface area contributed by atoms with Crippen molar-refractivity contribution in [1.82, 2.24) is 5.32 Å². The Balaban J connectivity index is 1.84. The van der Waals surface area contributed by atoms with Gasteiger partial charge in [-0.1, -0.05) is 25.7 Å². The molecule has 0 aromatic heterocycles. The number of carboxylic acid groups (broad SMARTS) is 1. The van der Waals surface area contributed by atoms with E-state index in [2.05, 4.69) is 5.32 Å². The molecule has 0 saturated heterocycles. The van der Waals surface area contributed by atoms with Crippen LogP contribution in [0.25, 0.3) is 0 Å². The standard InChI is InChI=1S/C12H21NO2/c14-12(15)10-7-4-8-11(10)13-9-5-2-1-3-6-9/h9-11,13H,1-8H2,(H,14,15)/t10-,11-/m0/s1. The van der Waals surface area contributed by atoms with Crippen LogP contribution < -0.4 is 5.32 Å². The zero-order chi connectivity index (χ0) is 10.7. The average Bonchev–Trinajstić information content (AvgIpc) is 2.67. The molecule has 2 saturated carbocycles. The van der Waals surface area contributed by atoms with Gasteiger partial charge in [0.2, 0.25) is 0 Å². The summed E-state index contributed by atoms with van der Waals surface area (Å²) in [6.07, 6.45) is 9.43. The average molecular weight is 211 g/mol. The molecule has 0 heterocycles. The molecule has 0 aromatic rings. The summed E-state index contributed by atoms with van der Waals surface area (Å²) in [5.41, 5.74) is 0. The van der Waals surface area contributed by atoms with Crippen LogP contribution in [0.5, 0.6) is 0 Å². The van der Waals surface area contributed by atoms with Crippen LogP contribution >= 0.6 is 0 Å². The van der Waals surface area contributed by atoms with Crippen molar-refractivity contribution in [3.8, 4) is 0 Å². The number of hydrogen-bond acceptors (Lipinski definition) is 2. The van der Waals surface area contributed by atoms with Crippen molar-refractivity contribution < 1.29 is 9.90 Å². The van der Waals surface area contributed by atoms with Gasteiger partial charge < -0.3 is 10.4 Å². The summed E-state index contributed by atoms with van der Waals surface area (Å²) in [5.74, 6) is -0.743. The molecule has 2 N–H and O–H groups in total. The van der Waals surface area contributed by atoms with Crippen molar-refractivity contribution in [1.29, 1.82) is 0 Å². The molecule has 3 nitrogen and oxygen atoms in total. The Morgan fingerprint density at radius 3 is 2.40 bits per heavy atom. The van der Waals surface area contributed by atoms with Gasteiger partial charge in [0.25, 0.3) is 0 Å². The number of carbonyl (C=O) groups is 1. The van der Waals surface area contributed by atoms with Gasteiger partial charge in [-0.15, -0.1) is 0 Å². The first-order chi connectivity index (χ1) is 7.27. The fourth-order valence-corrected chi connectivity index (χ4v) is 3.03. The van der Waals surface area contributed by atoms with E-state index in [9.17, 15) is 4.79 Å². The van der Waals surface area contributed by atoms with Crippen LogP contribution in [-0.4, -0.2) is 23.2 Å². The highest BCUT2D eigenvalue weighted by atomic mass is 16.4.